The average Bonchev–Trinajstić information content (AvgIpc) is 2.98. The molecule has 0 saturated heterocycles. The number of unbranched alkanes of at least 4 members (excludes halogenated alkanes) is 2. The number of anilines is 2. The number of halogens is 4. The molecule has 3 aromatic carbocycles. The first-order valence-electron chi connectivity index (χ1n) is 12.7. The largest absolute Gasteiger partial charge is 0.352 e. The van der Waals surface area contributed by atoms with E-state index in [1.807, 2.05) is 24.3 Å². The molecule has 0 radical (unpaired) electrons. The molecule has 0 spiro atoms. The summed E-state index contributed by atoms with van der Waals surface area (Å²) >= 11 is 9.48. The van der Waals surface area contributed by atoms with Crippen molar-refractivity contribution in [2.24, 2.45) is 0 Å². The van der Waals surface area contributed by atoms with Crippen LogP contribution in [0.5, 0.6) is 0 Å². The first-order chi connectivity index (χ1) is 19.8. The van der Waals surface area contributed by atoms with E-state index in [1.165, 1.54) is 12.4 Å². The molecule has 0 aliphatic heterocycles. The van der Waals surface area contributed by atoms with Crippen molar-refractivity contribution >= 4 is 50.7 Å². The molecule has 1 aromatic heterocycles. The summed E-state index contributed by atoms with van der Waals surface area (Å²) in [4.78, 5) is 25.0. The van der Waals surface area contributed by atoms with Crippen molar-refractivity contribution in [3.8, 4) is 11.4 Å². The summed E-state index contributed by atoms with van der Waals surface area (Å²) in [7, 11) is 0. The molecule has 0 aliphatic carbocycles. The number of carbonyl (C=O) groups excluding carboxylic acids is 2. The molecule has 0 atom stereocenters. The number of rotatable bonds is 12. The van der Waals surface area contributed by atoms with Crippen molar-refractivity contribution in [2.45, 2.75) is 32.2 Å². The highest BCUT2D eigenvalue weighted by Gasteiger charge is 2.20. The summed E-state index contributed by atoms with van der Waals surface area (Å²) in [5.74, 6) is -2.49. The zero-order valence-corrected chi connectivity index (χ0v) is 24.0. The monoisotopic (exact) mass is 643 g/mol. The Kier molecular flexibility index (Phi) is 10.6. The van der Waals surface area contributed by atoms with Crippen LogP contribution in [0.25, 0.3) is 11.4 Å². The Morgan fingerprint density at radius 2 is 1.66 bits per heavy atom. The van der Waals surface area contributed by atoms with Crippen LogP contribution in [0.3, 0.4) is 0 Å². The summed E-state index contributed by atoms with van der Waals surface area (Å²) in [5, 5.41) is 23.8. The lowest BCUT2D eigenvalue weighted by atomic mass is 10.1. The summed E-state index contributed by atoms with van der Waals surface area (Å²) in [6.07, 6.45) is 3.53. The molecule has 212 valence electrons. The predicted molar refractivity (Wildman–Crippen MR) is 154 cm³/mol. The first kappa shape index (κ1) is 29.9. The zero-order chi connectivity index (χ0) is 29.2. The molecule has 0 bridgehead atoms. The van der Waals surface area contributed by atoms with E-state index in [4.69, 9.17) is 11.6 Å². The maximum Gasteiger partial charge on any atom is 0.253 e. The lowest BCUT2D eigenvalue weighted by Gasteiger charge is -2.15. The molecule has 0 aliphatic rings. The molecule has 0 fully saturated rings. The number of amides is 2. The number of hydrogen-bond acceptors (Lipinski definition) is 7. The summed E-state index contributed by atoms with van der Waals surface area (Å²) in [5.41, 5.74) is 1.66. The van der Waals surface area contributed by atoms with Gasteiger partial charge in [-0.05, 0) is 48.7 Å². The van der Waals surface area contributed by atoms with Gasteiger partial charge in [0.25, 0.3) is 5.91 Å². The second kappa shape index (κ2) is 14.6. The first-order valence-corrected chi connectivity index (χ1v) is 13.8. The van der Waals surface area contributed by atoms with E-state index in [2.05, 4.69) is 52.3 Å². The minimum atomic E-state index is -1.18. The minimum Gasteiger partial charge on any atom is -0.352 e. The lowest BCUT2D eigenvalue weighted by Crippen LogP contribution is -2.26. The summed E-state index contributed by atoms with van der Waals surface area (Å²) in [6.45, 7) is 0.692. The van der Waals surface area contributed by atoms with E-state index in [9.17, 15) is 18.4 Å². The molecule has 2 amide bonds. The molecular weight excluding hydrogens is 620 g/mol. The topological polar surface area (TPSA) is 122 Å². The molecule has 4 aromatic rings. The highest BCUT2D eigenvalue weighted by molar-refractivity contribution is 9.10. The van der Waals surface area contributed by atoms with Gasteiger partial charge < -0.3 is 16.0 Å². The van der Waals surface area contributed by atoms with Crippen molar-refractivity contribution in [3.63, 3.8) is 0 Å². The fraction of sp³-hybridized carbons (Fsp3) is 0.214. The fourth-order valence-corrected chi connectivity index (χ4v) is 4.57. The third-order valence-corrected chi connectivity index (χ3v) is 6.81. The van der Waals surface area contributed by atoms with E-state index in [1.54, 1.807) is 18.2 Å². The van der Waals surface area contributed by atoms with Gasteiger partial charge in [-0.15, -0.1) is 20.4 Å². The van der Waals surface area contributed by atoms with Crippen molar-refractivity contribution in [2.75, 3.05) is 11.9 Å². The van der Waals surface area contributed by atoms with Gasteiger partial charge in [-0.1, -0.05) is 58.2 Å². The van der Waals surface area contributed by atoms with Crippen molar-refractivity contribution in [3.05, 3.63) is 93.2 Å². The van der Waals surface area contributed by atoms with Gasteiger partial charge in [-0.2, -0.15) is 0 Å². The van der Waals surface area contributed by atoms with Crippen molar-refractivity contribution in [1.29, 1.82) is 0 Å². The average molecular weight is 645 g/mol. The Hall–Kier alpha value is -4.03. The van der Waals surface area contributed by atoms with Gasteiger partial charge in [0, 0.05) is 29.5 Å². The van der Waals surface area contributed by atoms with Crippen LogP contribution < -0.4 is 16.0 Å². The molecule has 4 rings (SSSR count). The third kappa shape index (κ3) is 8.48. The third-order valence-electron chi connectivity index (χ3n) is 6.01. The van der Waals surface area contributed by atoms with Crippen molar-refractivity contribution in [1.82, 2.24) is 31.0 Å². The molecule has 0 saturated carbocycles. The number of aromatic nitrogens is 4. The smallest absolute Gasteiger partial charge is 0.253 e. The van der Waals surface area contributed by atoms with E-state index in [-0.39, 0.29) is 22.2 Å². The van der Waals surface area contributed by atoms with E-state index >= 15 is 0 Å². The second-order valence-electron chi connectivity index (χ2n) is 8.94. The fourth-order valence-electron chi connectivity index (χ4n) is 3.85. The SMILES string of the molecule is O=C(CCCCCNC(=O)c1ccc(F)c(F)c1Nc1ccc(Br)cc1Cl)NCc1ccc(-c2nncnn2)cc1. The minimum absolute atomic E-state index is 0.0556. The van der Waals surface area contributed by atoms with Crippen LogP contribution in [-0.2, 0) is 11.3 Å². The van der Waals surface area contributed by atoms with Crippen molar-refractivity contribution < 1.29 is 18.4 Å². The summed E-state index contributed by atoms with van der Waals surface area (Å²) < 4.78 is 29.3. The van der Waals surface area contributed by atoms with Gasteiger partial charge in [0.1, 0.15) is 0 Å². The van der Waals surface area contributed by atoms with Gasteiger partial charge in [0.2, 0.25) is 11.7 Å². The van der Waals surface area contributed by atoms with E-state index < -0.39 is 17.5 Å². The number of hydrogen-bond donors (Lipinski definition) is 3. The second-order valence-corrected chi connectivity index (χ2v) is 10.3. The quantitative estimate of drug-likeness (QED) is 0.162. The van der Waals surface area contributed by atoms with Crippen LogP contribution in [0, 0.1) is 11.6 Å². The van der Waals surface area contributed by atoms with Gasteiger partial charge in [0.15, 0.2) is 18.0 Å². The molecule has 0 unspecified atom stereocenters. The predicted octanol–water partition coefficient (Wildman–Crippen LogP) is 5.98. The van der Waals surface area contributed by atoms with Gasteiger partial charge in [0.05, 0.1) is 22.0 Å². The highest BCUT2D eigenvalue weighted by Crippen LogP contribution is 2.32. The number of nitrogens with one attached hydrogen (secondary N) is 3. The maximum absolute atomic E-state index is 14.6. The van der Waals surface area contributed by atoms with Crippen LogP contribution in [0.1, 0.15) is 41.6 Å². The standard InChI is InChI=1S/C28H25BrClF2N7O2/c29-19-9-12-23(21(30)14-19)37-26-20(10-11-22(31)25(26)32)28(41)33-13-3-1-2-4-24(40)34-15-17-5-7-18(8-6-17)27-38-35-16-36-39-27/h5-12,14,16,37H,1-4,13,15H2,(H,33,41)(H,34,40). The zero-order valence-electron chi connectivity index (χ0n) is 21.6. The Morgan fingerprint density at radius 1 is 0.902 bits per heavy atom. The van der Waals surface area contributed by atoms with E-state index in [0.717, 1.165) is 17.2 Å². The number of nitrogens with zero attached hydrogens (tertiary/aromatic N) is 4. The maximum atomic E-state index is 14.6. The molecule has 13 heteroatoms. The summed E-state index contributed by atoms with van der Waals surface area (Å²) in [6, 6.07) is 14.4. The molecular formula is C28H25BrClF2N7O2. The van der Waals surface area contributed by atoms with Crippen LogP contribution in [-0.4, -0.2) is 38.8 Å². The van der Waals surface area contributed by atoms with Gasteiger partial charge in [-0.25, -0.2) is 8.78 Å². The Morgan fingerprint density at radius 3 is 2.39 bits per heavy atom. The van der Waals surface area contributed by atoms with Crippen LogP contribution >= 0.6 is 27.5 Å². The Balaban J connectivity index is 1.18. The molecule has 9 nitrogen and oxygen atoms in total. The molecule has 3 N–H and O–H groups in total. The Bertz CT molecular complexity index is 1510. The van der Waals surface area contributed by atoms with Crippen LogP contribution in [0.4, 0.5) is 20.2 Å². The number of benzene rings is 3. The van der Waals surface area contributed by atoms with Gasteiger partial charge in [-0.3, -0.25) is 9.59 Å². The van der Waals surface area contributed by atoms with Gasteiger partial charge >= 0.3 is 0 Å². The van der Waals surface area contributed by atoms with Crippen LogP contribution in [0.2, 0.25) is 5.02 Å². The molecule has 1 heterocycles. The normalized spacial score (nSPS) is 10.7. The van der Waals surface area contributed by atoms with Crippen LogP contribution in [0.15, 0.2) is 65.4 Å². The number of carbonyl (C=O) groups is 2. The Labute approximate surface area is 248 Å². The molecule has 41 heavy (non-hydrogen) atoms. The lowest BCUT2D eigenvalue weighted by molar-refractivity contribution is -0.121. The van der Waals surface area contributed by atoms with E-state index in [0.29, 0.717) is 54.8 Å². The highest BCUT2D eigenvalue weighted by atomic mass is 79.9.